The molecule has 6 heteroatoms. The van der Waals surface area contributed by atoms with Crippen molar-refractivity contribution < 1.29 is 14.7 Å². The number of hydrogen-bond donors (Lipinski definition) is 3. The molecule has 1 amide bonds. The van der Waals surface area contributed by atoms with Crippen LogP contribution >= 0.6 is 11.8 Å². The molecule has 0 radical (unpaired) electrons. The summed E-state index contributed by atoms with van der Waals surface area (Å²) in [5.41, 5.74) is 1.57. The summed E-state index contributed by atoms with van der Waals surface area (Å²) in [6.45, 7) is 5.92. The van der Waals surface area contributed by atoms with Crippen molar-refractivity contribution in [3.05, 3.63) is 22.5 Å². The van der Waals surface area contributed by atoms with Gasteiger partial charge >= 0.3 is 5.97 Å². The second-order valence-electron chi connectivity index (χ2n) is 4.19. The second kappa shape index (κ2) is 5.95. The molecule has 0 saturated carbocycles. The lowest BCUT2D eigenvalue weighted by Gasteiger charge is -2.10. The third-order valence-electron chi connectivity index (χ3n) is 2.83. The SMILES string of the molecule is CSC(C)CNC(=O)c1c(C)[nH]c(C(=O)O)c1C. The molecular formula is C12H18N2O3S. The molecule has 1 heterocycles. The minimum Gasteiger partial charge on any atom is -0.477 e. The van der Waals surface area contributed by atoms with E-state index < -0.39 is 5.97 Å². The van der Waals surface area contributed by atoms with E-state index in [4.69, 9.17) is 5.11 Å². The number of nitrogens with one attached hydrogen (secondary N) is 2. The number of hydrogen-bond acceptors (Lipinski definition) is 3. The monoisotopic (exact) mass is 270 g/mol. The fourth-order valence-corrected chi connectivity index (χ4v) is 1.96. The maximum absolute atomic E-state index is 12.0. The van der Waals surface area contributed by atoms with E-state index in [9.17, 15) is 9.59 Å². The zero-order chi connectivity index (χ0) is 13.9. The van der Waals surface area contributed by atoms with Gasteiger partial charge in [-0.05, 0) is 25.7 Å². The van der Waals surface area contributed by atoms with E-state index in [2.05, 4.69) is 10.3 Å². The highest BCUT2D eigenvalue weighted by atomic mass is 32.2. The van der Waals surface area contributed by atoms with Gasteiger partial charge in [-0.1, -0.05) is 6.92 Å². The van der Waals surface area contributed by atoms with Gasteiger partial charge in [0, 0.05) is 17.5 Å². The van der Waals surface area contributed by atoms with Gasteiger partial charge in [-0.15, -0.1) is 0 Å². The molecule has 0 aliphatic heterocycles. The predicted octanol–water partition coefficient (Wildman–Crippen LogP) is 1.81. The number of carbonyl (C=O) groups excluding carboxylic acids is 1. The number of H-pyrrole nitrogens is 1. The zero-order valence-electron chi connectivity index (χ0n) is 11.0. The average molecular weight is 270 g/mol. The first-order chi connectivity index (χ1) is 8.38. The molecule has 0 aromatic carbocycles. The Kier molecular flexibility index (Phi) is 4.84. The van der Waals surface area contributed by atoms with Crippen LogP contribution in [0.2, 0.25) is 0 Å². The summed E-state index contributed by atoms with van der Waals surface area (Å²) in [4.78, 5) is 25.7. The number of aromatic amines is 1. The quantitative estimate of drug-likeness (QED) is 0.762. The number of carboxylic acids is 1. The lowest BCUT2D eigenvalue weighted by molar-refractivity contribution is 0.0690. The van der Waals surface area contributed by atoms with Crippen LogP contribution in [0.5, 0.6) is 0 Å². The van der Waals surface area contributed by atoms with Gasteiger partial charge in [0.25, 0.3) is 5.91 Å². The van der Waals surface area contributed by atoms with Crippen molar-refractivity contribution in [3.8, 4) is 0 Å². The number of rotatable bonds is 5. The van der Waals surface area contributed by atoms with Crippen LogP contribution in [0.3, 0.4) is 0 Å². The van der Waals surface area contributed by atoms with Gasteiger partial charge in [0.2, 0.25) is 0 Å². The first-order valence-corrected chi connectivity index (χ1v) is 6.90. The molecule has 1 aromatic heterocycles. The van der Waals surface area contributed by atoms with Crippen LogP contribution in [0.25, 0.3) is 0 Å². The molecule has 1 unspecified atom stereocenters. The fraction of sp³-hybridized carbons (Fsp3) is 0.500. The van der Waals surface area contributed by atoms with E-state index in [-0.39, 0.29) is 11.6 Å². The Morgan fingerprint density at radius 1 is 1.44 bits per heavy atom. The number of aromatic carboxylic acids is 1. The predicted molar refractivity (Wildman–Crippen MR) is 72.5 cm³/mol. The van der Waals surface area contributed by atoms with Crippen LogP contribution in [0.1, 0.15) is 39.0 Å². The van der Waals surface area contributed by atoms with E-state index >= 15 is 0 Å². The number of amides is 1. The Bertz CT molecular complexity index is 468. The summed E-state index contributed by atoms with van der Waals surface area (Å²) in [5, 5.41) is 12.1. The Balaban J connectivity index is 2.89. The van der Waals surface area contributed by atoms with Crippen LogP contribution in [-0.4, -0.2) is 40.0 Å². The topological polar surface area (TPSA) is 82.2 Å². The maximum Gasteiger partial charge on any atom is 0.352 e. The third kappa shape index (κ3) is 3.07. The van der Waals surface area contributed by atoms with Crippen molar-refractivity contribution in [1.82, 2.24) is 10.3 Å². The molecule has 0 aliphatic carbocycles. The number of carbonyl (C=O) groups is 2. The molecule has 0 saturated heterocycles. The Morgan fingerprint density at radius 2 is 2.06 bits per heavy atom. The average Bonchev–Trinajstić information content (AvgIpc) is 2.61. The van der Waals surface area contributed by atoms with Gasteiger partial charge in [-0.2, -0.15) is 11.8 Å². The van der Waals surface area contributed by atoms with E-state index in [0.717, 1.165) is 0 Å². The zero-order valence-corrected chi connectivity index (χ0v) is 11.8. The normalized spacial score (nSPS) is 12.2. The highest BCUT2D eigenvalue weighted by Gasteiger charge is 2.21. The Morgan fingerprint density at radius 3 is 2.50 bits per heavy atom. The van der Waals surface area contributed by atoms with Gasteiger partial charge in [0.15, 0.2) is 0 Å². The van der Waals surface area contributed by atoms with Crippen molar-refractivity contribution in [3.63, 3.8) is 0 Å². The summed E-state index contributed by atoms with van der Waals surface area (Å²) >= 11 is 1.66. The van der Waals surface area contributed by atoms with E-state index in [0.29, 0.717) is 28.6 Å². The number of carboxylic acid groups (broad SMARTS) is 1. The van der Waals surface area contributed by atoms with Gasteiger partial charge < -0.3 is 15.4 Å². The molecule has 1 rings (SSSR count). The van der Waals surface area contributed by atoms with Crippen LogP contribution in [-0.2, 0) is 0 Å². The molecule has 1 atom stereocenters. The number of thioether (sulfide) groups is 1. The third-order valence-corrected chi connectivity index (χ3v) is 3.80. The van der Waals surface area contributed by atoms with Crippen molar-refractivity contribution in [2.24, 2.45) is 0 Å². The first-order valence-electron chi connectivity index (χ1n) is 5.61. The number of aromatic nitrogens is 1. The standard InChI is InChI=1S/C12H18N2O3S/c1-6(18-4)5-13-11(15)9-7(2)10(12(16)17)14-8(9)3/h6,14H,5H2,1-4H3,(H,13,15)(H,16,17). The summed E-state index contributed by atoms with van der Waals surface area (Å²) in [7, 11) is 0. The van der Waals surface area contributed by atoms with Gasteiger partial charge in [0.1, 0.15) is 5.69 Å². The van der Waals surface area contributed by atoms with E-state index in [1.165, 1.54) is 0 Å². The molecule has 1 aromatic rings. The molecule has 0 bridgehead atoms. The molecule has 100 valence electrons. The lowest BCUT2D eigenvalue weighted by atomic mass is 10.1. The molecule has 18 heavy (non-hydrogen) atoms. The highest BCUT2D eigenvalue weighted by Crippen LogP contribution is 2.18. The summed E-state index contributed by atoms with van der Waals surface area (Å²) in [6, 6.07) is 0. The Hall–Kier alpha value is -1.43. The molecule has 0 spiro atoms. The van der Waals surface area contributed by atoms with E-state index in [1.807, 2.05) is 13.2 Å². The maximum atomic E-state index is 12.0. The minimum absolute atomic E-state index is 0.0792. The first kappa shape index (κ1) is 14.6. The van der Waals surface area contributed by atoms with E-state index in [1.54, 1.807) is 25.6 Å². The van der Waals surface area contributed by atoms with Crippen molar-refractivity contribution in [2.45, 2.75) is 26.0 Å². The molecule has 5 nitrogen and oxygen atoms in total. The smallest absolute Gasteiger partial charge is 0.352 e. The molecular weight excluding hydrogens is 252 g/mol. The van der Waals surface area contributed by atoms with Crippen molar-refractivity contribution in [2.75, 3.05) is 12.8 Å². The summed E-state index contributed by atoms with van der Waals surface area (Å²) in [5.74, 6) is -1.28. The van der Waals surface area contributed by atoms with Crippen LogP contribution in [0.4, 0.5) is 0 Å². The Labute approximate surface area is 110 Å². The largest absolute Gasteiger partial charge is 0.477 e. The molecule has 3 N–H and O–H groups in total. The molecule has 0 aliphatic rings. The second-order valence-corrected chi connectivity index (χ2v) is 5.46. The van der Waals surface area contributed by atoms with Gasteiger partial charge in [-0.3, -0.25) is 4.79 Å². The molecule has 0 fully saturated rings. The van der Waals surface area contributed by atoms with Gasteiger partial charge in [-0.25, -0.2) is 4.79 Å². The van der Waals surface area contributed by atoms with Crippen molar-refractivity contribution in [1.29, 1.82) is 0 Å². The number of aryl methyl sites for hydroxylation is 1. The van der Waals surface area contributed by atoms with Crippen LogP contribution in [0.15, 0.2) is 0 Å². The minimum atomic E-state index is -1.05. The summed E-state index contributed by atoms with van der Waals surface area (Å²) in [6.07, 6.45) is 1.98. The fourth-order valence-electron chi connectivity index (χ4n) is 1.71. The summed E-state index contributed by atoms with van der Waals surface area (Å²) < 4.78 is 0. The van der Waals surface area contributed by atoms with Crippen LogP contribution in [0, 0.1) is 13.8 Å². The lowest BCUT2D eigenvalue weighted by Crippen LogP contribution is -2.30. The highest BCUT2D eigenvalue weighted by molar-refractivity contribution is 7.99. The van der Waals surface area contributed by atoms with Crippen LogP contribution < -0.4 is 5.32 Å². The van der Waals surface area contributed by atoms with Gasteiger partial charge in [0.05, 0.1) is 5.56 Å². The van der Waals surface area contributed by atoms with Crippen molar-refractivity contribution >= 4 is 23.6 Å².